The van der Waals surface area contributed by atoms with Crippen LogP contribution in [0.2, 0.25) is 0 Å². The second-order valence-corrected chi connectivity index (χ2v) is 6.05. The van der Waals surface area contributed by atoms with E-state index in [4.69, 9.17) is 15.7 Å². The molecule has 8 nitrogen and oxygen atoms in total. The van der Waals surface area contributed by atoms with Gasteiger partial charge in [-0.05, 0) is 24.8 Å². The molecule has 3 amide bonds. The first-order chi connectivity index (χ1) is 12.5. The molecule has 0 radical (unpaired) electrons. The first kappa shape index (κ1) is 19.2. The van der Waals surface area contributed by atoms with Gasteiger partial charge in [-0.15, -0.1) is 0 Å². The average Bonchev–Trinajstić information content (AvgIpc) is 3.13. The Bertz CT molecular complexity index is 686. The molecule has 0 spiro atoms. The molecule has 1 saturated heterocycles. The number of carbonyl (C=O) groups is 3. The summed E-state index contributed by atoms with van der Waals surface area (Å²) in [5, 5.41) is 11.2. The lowest BCUT2D eigenvalue weighted by atomic mass is 10.1. The molecule has 1 fully saturated rings. The van der Waals surface area contributed by atoms with Crippen molar-refractivity contribution in [3.63, 3.8) is 0 Å². The topological polar surface area (TPSA) is 126 Å². The predicted molar refractivity (Wildman–Crippen MR) is 92.3 cm³/mol. The van der Waals surface area contributed by atoms with Crippen LogP contribution in [0.15, 0.2) is 30.3 Å². The molecule has 2 rings (SSSR count). The van der Waals surface area contributed by atoms with E-state index in [-0.39, 0.29) is 19.4 Å². The molecular formula is C18H22N4O4. The van der Waals surface area contributed by atoms with Crippen LogP contribution in [0, 0.1) is 11.3 Å². The Morgan fingerprint density at radius 3 is 2.73 bits per heavy atom. The van der Waals surface area contributed by atoms with Crippen molar-refractivity contribution in [2.75, 3.05) is 6.54 Å². The Hall–Kier alpha value is -3.08. The molecule has 0 aliphatic carbocycles. The summed E-state index contributed by atoms with van der Waals surface area (Å²) in [5.41, 5.74) is 6.12. The number of ether oxygens (including phenoxy) is 1. The zero-order chi connectivity index (χ0) is 18.9. The van der Waals surface area contributed by atoms with Crippen LogP contribution in [0.1, 0.15) is 31.2 Å². The molecule has 26 heavy (non-hydrogen) atoms. The summed E-state index contributed by atoms with van der Waals surface area (Å²) in [5.74, 6) is -1.16. The van der Waals surface area contributed by atoms with Gasteiger partial charge in [-0.1, -0.05) is 30.3 Å². The SMILES string of the molecule is N#CCC[C@@H](NC(=O)[C@H]1CCCN1C(=O)OCc1ccccc1)C(N)=O. The van der Waals surface area contributed by atoms with Crippen molar-refractivity contribution in [2.24, 2.45) is 5.73 Å². The van der Waals surface area contributed by atoms with Crippen molar-refractivity contribution >= 4 is 17.9 Å². The van der Waals surface area contributed by atoms with E-state index < -0.39 is 30.0 Å². The van der Waals surface area contributed by atoms with Crippen molar-refractivity contribution in [3.05, 3.63) is 35.9 Å². The summed E-state index contributed by atoms with van der Waals surface area (Å²) in [6.07, 6.45) is 0.817. The maximum atomic E-state index is 12.5. The maximum Gasteiger partial charge on any atom is 0.410 e. The van der Waals surface area contributed by atoms with Crippen molar-refractivity contribution in [3.8, 4) is 6.07 Å². The number of likely N-dealkylation sites (tertiary alicyclic amines) is 1. The lowest BCUT2D eigenvalue weighted by molar-refractivity contribution is -0.130. The zero-order valence-corrected chi connectivity index (χ0v) is 14.4. The van der Waals surface area contributed by atoms with Gasteiger partial charge in [0.2, 0.25) is 11.8 Å². The van der Waals surface area contributed by atoms with E-state index in [1.807, 2.05) is 36.4 Å². The van der Waals surface area contributed by atoms with Gasteiger partial charge in [0, 0.05) is 13.0 Å². The fraction of sp³-hybridized carbons (Fsp3) is 0.444. The highest BCUT2D eigenvalue weighted by atomic mass is 16.6. The third kappa shape index (κ3) is 5.21. The summed E-state index contributed by atoms with van der Waals surface area (Å²) in [6.45, 7) is 0.530. The summed E-state index contributed by atoms with van der Waals surface area (Å²) >= 11 is 0. The van der Waals surface area contributed by atoms with Crippen molar-refractivity contribution < 1.29 is 19.1 Å². The van der Waals surface area contributed by atoms with Gasteiger partial charge in [0.25, 0.3) is 0 Å². The van der Waals surface area contributed by atoms with E-state index in [0.717, 1.165) is 5.56 Å². The van der Waals surface area contributed by atoms with Gasteiger partial charge < -0.3 is 15.8 Å². The fourth-order valence-corrected chi connectivity index (χ4v) is 2.82. The Morgan fingerprint density at radius 1 is 1.35 bits per heavy atom. The molecular weight excluding hydrogens is 336 g/mol. The summed E-state index contributed by atoms with van der Waals surface area (Å²) in [4.78, 5) is 37.6. The van der Waals surface area contributed by atoms with Crippen LogP contribution >= 0.6 is 0 Å². The van der Waals surface area contributed by atoms with Crippen LogP contribution in [-0.4, -0.2) is 41.4 Å². The number of nitrogens with two attached hydrogens (primary N) is 1. The first-order valence-corrected chi connectivity index (χ1v) is 8.47. The Morgan fingerprint density at radius 2 is 2.08 bits per heavy atom. The molecule has 1 aliphatic heterocycles. The van der Waals surface area contributed by atoms with Crippen molar-refractivity contribution in [2.45, 2.75) is 44.4 Å². The normalized spacial score (nSPS) is 17.2. The molecule has 1 aliphatic rings. The van der Waals surface area contributed by atoms with Gasteiger partial charge in [0.15, 0.2) is 0 Å². The van der Waals surface area contributed by atoms with Crippen LogP contribution in [0.5, 0.6) is 0 Å². The smallest absolute Gasteiger partial charge is 0.410 e. The molecule has 2 atom stereocenters. The van der Waals surface area contributed by atoms with E-state index in [0.29, 0.717) is 19.4 Å². The van der Waals surface area contributed by atoms with Crippen LogP contribution in [-0.2, 0) is 20.9 Å². The molecule has 0 bridgehead atoms. The second kappa shape index (κ2) is 9.42. The minimum Gasteiger partial charge on any atom is -0.445 e. The summed E-state index contributed by atoms with van der Waals surface area (Å²) in [6, 6.07) is 9.53. The van der Waals surface area contributed by atoms with Crippen molar-refractivity contribution in [1.82, 2.24) is 10.2 Å². The van der Waals surface area contributed by atoms with Crippen LogP contribution in [0.25, 0.3) is 0 Å². The lowest BCUT2D eigenvalue weighted by Gasteiger charge is -2.25. The first-order valence-electron chi connectivity index (χ1n) is 8.47. The van der Waals surface area contributed by atoms with Gasteiger partial charge in [-0.3, -0.25) is 14.5 Å². The number of hydrogen-bond donors (Lipinski definition) is 2. The largest absolute Gasteiger partial charge is 0.445 e. The van der Waals surface area contributed by atoms with Gasteiger partial charge in [0.05, 0.1) is 6.07 Å². The Balaban J connectivity index is 1.93. The van der Waals surface area contributed by atoms with E-state index in [1.165, 1.54) is 4.90 Å². The van der Waals surface area contributed by atoms with Crippen molar-refractivity contribution in [1.29, 1.82) is 5.26 Å². The summed E-state index contributed by atoms with van der Waals surface area (Å²) in [7, 11) is 0. The number of amides is 3. The molecule has 0 saturated carbocycles. The highest BCUT2D eigenvalue weighted by molar-refractivity contribution is 5.91. The number of rotatable bonds is 7. The molecule has 0 unspecified atom stereocenters. The predicted octanol–water partition coefficient (Wildman–Crippen LogP) is 1.06. The fourth-order valence-electron chi connectivity index (χ4n) is 2.82. The lowest BCUT2D eigenvalue weighted by Crippen LogP contribution is -2.52. The Labute approximate surface area is 151 Å². The number of benzene rings is 1. The van der Waals surface area contributed by atoms with E-state index in [2.05, 4.69) is 5.32 Å². The molecule has 1 heterocycles. The Kier molecular flexibility index (Phi) is 6.97. The standard InChI is InChI=1S/C18H22N4O4/c19-10-4-8-14(16(20)23)21-17(24)15-9-5-11-22(15)18(25)26-12-13-6-2-1-3-7-13/h1-3,6-7,14-15H,4-5,8-9,11-12H2,(H2,20,23)(H,21,24)/t14-,15-/m1/s1. The zero-order valence-electron chi connectivity index (χ0n) is 14.4. The quantitative estimate of drug-likeness (QED) is 0.754. The molecule has 1 aromatic carbocycles. The average molecular weight is 358 g/mol. The summed E-state index contributed by atoms with van der Waals surface area (Å²) < 4.78 is 5.28. The third-order valence-corrected chi connectivity index (χ3v) is 4.20. The van der Waals surface area contributed by atoms with Gasteiger partial charge >= 0.3 is 6.09 Å². The molecule has 8 heteroatoms. The minimum absolute atomic E-state index is 0.0986. The van der Waals surface area contributed by atoms with E-state index in [9.17, 15) is 14.4 Å². The van der Waals surface area contributed by atoms with E-state index >= 15 is 0 Å². The molecule has 3 N–H and O–H groups in total. The maximum absolute atomic E-state index is 12.5. The number of nitriles is 1. The van der Waals surface area contributed by atoms with Crippen LogP contribution < -0.4 is 11.1 Å². The van der Waals surface area contributed by atoms with Crippen LogP contribution in [0.4, 0.5) is 4.79 Å². The number of primary amides is 1. The number of carbonyl (C=O) groups excluding carboxylic acids is 3. The van der Waals surface area contributed by atoms with E-state index in [1.54, 1.807) is 0 Å². The highest BCUT2D eigenvalue weighted by Gasteiger charge is 2.36. The minimum atomic E-state index is -0.926. The molecule has 138 valence electrons. The third-order valence-electron chi connectivity index (χ3n) is 4.20. The monoisotopic (exact) mass is 358 g/mol. The number of nitrogens with zero attached hydrogens (tertiary/aromatic N) is 2. The molecule has 1 aromatic rings. The van der Waals surface area contributed by atoms with Crippen LogP contribution in [0.3, 0.4) is 0 Å². The van der Waals surface area contributed by atoms with Gasteiger partial charge in [-0.25, -0.2) is 4.79 Å². The van der Waals surface area contributed by atoms with Gasteiger partial charge in [0.1, 0.15) is 18.7 Å². The number of hydrogen-bond acceptors (Lipinski definition) is 5. The molecule has 0 aromatic heterocycles. The van der Waals surface area contributed by atoms with Gasteiger partial charge in [-0.2, -0.15) is 5.26 Å². The highest BCUT2D eigenvalue weighted by Crippen LogP contribution is 2.19. The second-order valence-electron chi connectivity index (χ2n) is 6.05. The number of nitrogens with one attached hydrogen (secondary N) is 1.